The van der Waals surface area contributed by atoms with Gasteiger partial charge in [-0.15, -0.1) is 0 Å². The fourth-order valence-corrected chi connectivity index (χ4v) is 4.20. The van der Waals surface area contributed by atoms with Crippen LogP contribution in [0.3, 0.4) is 0 Å². The molecule has 0 atom stereocenters. The number of amides is 2. The lowest BCUT2D eigenvalue weighted by Crippen LogP contribution is -2.28. The number of rotatable bonds is 7. The Balaban J connectivity index is 1.53. The summed E-state index contributed by atoms with van der Waals surface area (Å²) in [5.41, 5.74) is 2.10. The van der Waals surface area contributed by atoms with Gasteiger partial charge < -0.3 is 14.2 Å². The molecule has 0 spiro atoms. The van der Waals surface area contributed by atoms with E-state index in [4.69, 9.17) is 25.8 Å². The molecule has 1 saturated heterocycles. The van der Waals surface area contributed by atoms with E-state index >= 15 is 0 Å². The molecule has 0 radical (unpaired) electrons. The van der Waals surface area contributed by atoms with Gasteiger partial charge in [-0.25, -0.2) is 4.90 Å². The van der Waals surface area contributed by atoms with Crippen molar-refractivity contribution in [2.45, 2.75) is 6.61 Å². The highest BCUT2D eigenvalue weighted by Crippen LogP contribution is 2.41. The molecule has 0 saturated carbocycles. The van der Waals surface area contributed by atoms with E-state index in [1.807, 2.05) is 48.5 Å². The summed E-state index contributed by atoms with van der Waals surface area (Å²) in [5, 5.41) is 0.270. The average Bonchev–Trinajstić information content (AvgIpc) is 3.10. The van der Waals surface area contributed by atoms with E-state index in [-0.39, 0.29) is 0 Å². The molecule has 0 N–H and O–H groups in total. The van der Waals surface area contributed by atoms with E-state index in [0.29, 0.717) is 39.5 Å². The Hall–Kier alpha value is -3.42. The molecule has 0 bridgehead atoms. The van der Waals surface area contributed by atoms with Gasteiger partial charge >= 0.3 is 0 Å². The van der Waals surface area contributed by atoms with Crippen LogP contribution in [0, 0.1) is 0 Å². The number of imide groups is 1. The molecule has 33 heavy (non-hydrogen) atoms. The van der Waals surface area contributed by atoms with E-state index in [1.54, 1.807) is 24.3 Å². The van der Waals surface area contributed by atoms with Crippen LogP contribution in [0.5, 0.6) is 17.2 Å². The number of anilines is 1. The number of hydrogen-bond acceptors (Lipinski definition) is 6. The number of carbonyl (C=O) groups excluding carboxylic acids is 2. The summed E-state index contributed by atoms with van der Waals surface area (Å²) in [5.74, 6) is 1.17. The lowest BCUT2D eigenvalue weighted by Gasteiger charge is -2.17. The summed E-state index contributed by atoms with van der Waals surface area (Å²) < 4.78 is 16.4. The van der Waals surface area contributed by atoms with Crippen molar-refractivity contribution >= 4 is 46.3 Å². The number of methoxy groups -OCH3 is 2. The Morgan fingerprint density at radius 3 is 2.45 bits per heavy atom. The Morgan fingerprint density at radius 2 is 1.73 bits per heavy atom. The van der Waals surface area contributed by atoms with Crippen molar-refractivity contribution in [3.8, 4) is 17.2 Å². The molecule has 0 aliphatic carbocycles. The van der Waals surface area contributed by atoms with E-state index < -0.39 is 11.1 Å². The molecule has 1 heterocycles. The van der Waals surface area contributed by atoms with Crippen molar-refractivity contribution in [2.75, 3.05) is 19.1 Å². The molecule has 6 nitrogen and oxygen atoms in total. The maximum absolute atomic E-state index is 13.1. The van der Waals surface area contributed by atoms with Crippen molar-refractivity contribution in [3.63, 3.8) is 0 Å². The summed E-state index contributed by atoms with van der Waals surface area (Å²) in [4.78, 5) is 27.1. The third-order valence-corrected chi connectivity index (χ3v) is 6.02. The number of nitrogens with zero attached hydrogens (tertiary/aromatic N) is 1. The highest BCUT2D eigenvalue weighted by Gasteiger charge is 2.37. The molecule has 2 amide bonds. The van der Waals surface area contributed by atoms with Crippen molar-refractivity contribution in [1.29, 1.82) is 0 Å². The largest absolute Gasteiger partial charge is 0.497 e. The van der Waals surface area contributed by atoms with E-state index in [1.165, 1.54) is 14.2 Å². The van der Waals surface area contributed by atoms with Crippen LogP contribution in [-0.2, 0) is 11.4 Å². The molecule has 8 heteroatoms. The molecule has 3 aromatic rings. The SMILES string of the molecule is COc1ccc(N2C(=O)S/C(=C\c3cccc(OCc4ccc(Cl)cc4)c3)C2=O)c(OC)c1. The number of benzene rings is 3. The van der Waals surface area contributed by atoms with Crippen LogP contribution in [0.1, 0.15) is 11.1 Å². The van der Waals surface area contributed by atoms with Crippen molar-refractivity contribution in [1.82, 2.24) is 0 Å². The first-order valence-corrected chi connectivity index (χ1v) is 11.1. The molecule has 1 aliphatic rings. The van der Waals surface area contributed by atoms with Crippen LogP contribution in [0.15, 0.2) is 71.6 Å². The zero-order valence-corrected chi connectivity index (χ0v) is 19.5. The third-order valence-electron chi connectivity index (χ3n) is 4.90. The summed E-state index contributed by atoms with van der Waals surface area (Å²) in [6, 6.07) is 19.7. The van der Waals surface area contributed by atoms with Gasteiger partial charge in [0.2, 0.25) is 0 Å². The molecule has 0 unspecified atom stereocenters. The monoisotopic (exact) mass is 481 g/mol. The van der Waals surface area contributed by atoms with Gasteiger partial charge in [0.25, 0.3) is 11.1 Å². The molecular formula is C25H20ClNO5S. The first-order chi connectivity index (χ1) is 16.0. The van der Waals surface area contributed by atoms with Crippen LogP contribution in [0.2, 0.25) is 5.02 Å². The Labute approximate surface area is 200 Å². The first-order valence-electron chi connectivity index (χ1n) is 9.96. The number of ether oxygens (including phenoxy) is 3. The van der Waals surface area contributed by atoms with Gasteiger partial charge in [0, 0.05) is 11.1 Å². The Kier molecular flexibility index (Phi) is 6.91. The highest BCUT2D eigenvalue weighted by molar-refractivity contribution is 8.19. The minimum atomic E-state index is -0.416. The van der Waals surface area contributed by atoms with Gasteiger partial charge in [-0.2, -0.15) is 0 Å². The van der Waals surface area contributed by atoms with Crippen molar-refractivity contribution in [2.24, 2.45) is 0 Å². The van der Waals surface area contributed by atoms with Gasteiger partial charge in [0.05, 0.1) is 24.8 Å². The van der Waals surface area contributed by atoms with E-state index in [9.17, 15) is 9.59 Å². The number of thioether (sulfide) groups is 1. The Morgan fingerprint density at radius 1 is 0.939 bits per heavy atom. The fourth-order valence-electron chi connectivity index (χ4n) is 3.24. The zero-order valence-electron chi connectivity index (χ0n) is 17.9. The maximum Gasteiger partial charge on any atom is 0.298 e. The maximum atomic E-state index is 13.1. The molecule has 1 fully saturated rings. The third kappa shape index (κ3) is 5.16. The minimum absolute atomic E-state index is 0.313. The standard InChI is InChI=1S/C25H20ClNO5S/c1-30-19-10-11-21(22(14-19)31-2)27-24(28)23(33-25(27)29)13-17-4-3-5-20(12-17)32-15-16-6-8-18(26)9-7-16/h3-14H,15H2,1-2H3/b23-13-. The minimum Gasteiger partial charge on any atom is -0.497 e. The Bertz CT molecular complexity index is 1230. The quantitative estimate of drug-likeness (QED) is 0.375. The molecule has 1 aliphatic heterocycles. The van der Waals surface area contributed by atoms with Crippen LogP contribution in [0.25, 0.3) is 6.08 Å². The molecule has 3 aromatic carbocycles. The van der Waals surface area contributed by atoms with Gasteiger partial charge in [-0.05, 0) is 65.4 Å². The topological polar surface area (TPSA) is 65.1 Å². The van der Waals surface area contributed by atoms with Crippen LogP contribution in [-0.4, -0.2) is 25.4 Å². The average molecular weight is 482 g/mol. The lowest BCUT2D eigenvalue weighted by molar-refractivity contribution is -0.113. The van der Waals surface area contributed by atoms with Crippen molar-refractivity contribution < 1.29 is 23.8 Å². The fraction of sp³-hybridized carbons (Fsp3) is 0.120. The smallest absolute Gasteiger partial charge is 0.298 e. The van der Waals surface area contributed by atoms with Gasteiger partial charge in [0.15, 0.2) is 0 Å². The summed E-state index contributed by atoms with van der Waals surface area (Å²) in [7, 11) is 3.01. The predicted molar refractivity (Wildman–Crippen MR) is 130 cm³/mol. The first kappa shape index (κ1) is 22.8. The van der Waals surface area contributed by atoms with Gasteiger partial charge in [-0.3, -0.25) is 9.59 Å². The molecule has 4 rings (SSSR count). The number of halogens is 1. The predicted octanol–water partition coefficient (Wildman–Crippen LogP) is 6.18. The summed E-state index contributed by atoms with van der Waals surface area (Å²) >= 11 is 6.79. The van der Waals surface area contributed by atoms with Gasteiger partial charge in [-0.1, -0.05) is 35.9 Å². The van der Waals surface area contributed by atoms with E-state index in [2.05, 4.69) is 0 Å². The lowest BCUT2D eigenvalue weighted by atomic mass is 10.2. The zero-order chi connectivity index (χ0) is 23.4. The molecule has 0 aromatic heterocycles. The number of hydrogen-bond donors (Lipinski definition) is 0. The highest BCUT2D eigenvalue weighted by atomic mass is 35.5. The second-order valence-corrected chi connectivity index (χ2v) is 8.47. The van der Waals surface area contributed by atoms with Gasteiger partial charge in [0.1, 0.15) is 23.9 Å². The second-order valence-electron chi connectivity index (χ2n) is 7.04. The van der Waals surface area contributed by atoms with Crippen molar-refractivity contribution in [3.05, 3.63) is 87.8 Å². The number of carbonyl (C=O) groups is 2. The van der Waals surface area contributed by atoms with Crippen LogP contribution < -0.4 is 19.1 Å². The van der Waals surface area contributed by atoms with Crippen LogP contribution >= 0.6 is 23.4 Å². The summed E-state index contributed by atoms with van der Waals surface area (Å²) in [6.07, 6.45) is 1.68. The second kappa shape index (κ2) is 10.0. The molecular weight excluding hydrogens is 462 g/mol. The molecule has 168 valence electrons. The summed E-state index contributed by atoms with van der Waals surface area (Å²) in [6.45, 7) is 0.383. The van der Waals surface area contributed by atoms with E-state index in [0.717, 1.165) is 27.8 Å². The normalized spacial score (nSPS) is 14.6. The van der Waals surface area contributed by atoms with Crippen LogP contribution in [0.4, 0.5) is 10.5 Å².